The van der Waals surface area contributed by atoms with Crippen LogP contribution in [-0.2, 0) is 0 Å². The average Bonchev–Trinajstić information content (AvgIpc) is 2.90. The first kappa shape index (κ1) is 13.3. The maximum Gasteiger partial charge on any atom is 0.187 e. The molecular weight excluding hydrogens is 288 g/mol. The molecule has 0 saturated carbocycles. The lowest BCUT2D eigenvalue weighted by Gasteiger charge is -2.03. The van der Waals surface area contributed by atoms with Crippen LogP contribution in [-0.4, -0.2) is 20.3 Å². The summed E-state index contributed by atoms with van der Waals surface area (Å²) in [5, 5.41) is 33.9. The highest BCUT2D eigenvalue weighted by atomic mass is 32.1. The molecule has 0 aliphatic rings. The minimum Gasteiger partial charge on any atom is -0.508 e. The number of aromatic hydroxyl groups is 3. The Labute approximate surface area is 124 Å². The zero-order chi connectivity index (χ0) is 14.8. The van der Waals surface area contributed by atoms with E-state index in [-0.39, 0.29) is 17.2 Å². The lowest BCUT2D eigenvalue weighted by molar-refractivity contribution is 0.404. The van der Waals surface area contributed by atoms with Crippen LogP contribution in [0.5, 0.6) is 17.2 Å². The van der Waals surface area contributed by atoms with Crippen molar-refractivity contribution in [3.05, 3.63) is 47.8 Å². The molecule has 21 heavy (non-hydrogen) atoms. The molecule has 106 valence electrons. The van der Waals surface area contributed by atoms with Crippen molar-refractivity contribution in [2.24, 2.45) is 0 Å². The highest BCUT2D eigenvalue weighted by Crippen LogP contribution is 2.33. The van der Waals surface area contributed by atoms with Crippen LogP contribution < -0.4 is 5.32 Å². The van der Waals surface area contributed by atoms with Gasteiger partial charge in [-0.05, 0) is 30.3 Å². The minimum atomic E-state index is -0.178. The van der Waals surface area contributed by atoms with E-state index in [2.05, 4.69) is 10.3 Å². The van der Waals surface area contributed by atoms with E-state index in [1.54, 1.807) is 24.3 Å². The van der Waals surface area contributed by atoms with Crippen molar-refractivity contribution in [1.82, 2.24) is 4.98 Å². The Kier molecular flexibility index (Phi) is 3.37. The molecule has 3 rings (SSSR count). The van der Waals surface area contributed by atoms with Crippen LogP contribution in [0.25, 0.3) is 11.3 Å². The maximum atomic E-state index is 9.52. The molecule has 0 amide bonds. The molecule has 1 aromatic heterocycles. The third-order valence-electron chi connectivity index (χ3n) is 2.87. The number of nitrogens with zero attached hydrogens (tertiary/aromatic N) is 1. The summed E-state index contributed by atoms with van der Waals surface area (Å²) in [5.74, 6) is -0.157. The number of aromatic nitrogens is 1. The molecule has 0 fully saturated rings. The summed E-state index contributed by atoms with van der Waals surface area (Å²) in [6, 6.07) is 11.3. The van der Waals surface area contributed by atoms with Gasteiger partial charge in [-0.25, -0.2) is 4.98 Å². The fourth-order valence-electron chi connectivity index (χ4n) is 1.85. The van der Waals surface area contributed by atoms with Crippen LogP contribution >= 0.6 is 11.3 Å². The molecule has 2 aromatic carbocycles. The highest BCUT2D eigenvalue weighted by Gasteiger charge is 2.08. The van der Waals surface area contributed by atoms with Crippen molar-refractivity contribution < 1.29 is 15.3 Å². The molecule has 5 nitrogen and oxygen atoms in total. The molecule has 3 aromatic rings. The van der Waals surface area contributed by atoms with E-state index in [1.165, 1.54) is 23.5 Å². The van der Waals surface area contributed by atoms with E-state index in [4.69, 9.17) is 0 Å². The van der Waals surface area contributed by atoms with Crippen LogP contribution in [0.15, 0.2) is 47.8 Å². The number of thiazole rings is 1. The average molecular weight is 300 g/mol. The largest absolute Gasteiger partial charge is 0.508 e. The number of hydrogen-bond donors (Lipinski definition) is 4. The van der Waals surface area contributed by atoms with Gasteiger partial charge in [-0.2, -0.15) is 0 Å². The Morgan fingerprint density at radius 3 is 2.57 bits per heavy atom. The molecule has 0 unspecified atom stereocenters. The zero-order valence-electron chi connectivity index (χ0n) is 10.8. The van der Waals surface area contributed by atoms with Gasteiger partial charge in [-0.1, -0.05) is 6.07 Å². The standard InChI is InChI=1S/C15H12N2O3S/c18-11-3-1-2-10(7-11)16-15-17-12(8-21-15)9-4-5-13(19)14(20)6-9/h1-8,18-20H,(H,16,17). The van der Waals surface area contributed by atoms with Crippen molar-refractivity contribution in [2.45, 2.75) is 0 Å². The van der Waals surface area contributed by atoms with Crippen LogP contribution in [0, 0.1) is 0 Å². The molecule has 0 spiro atoms. The van der Waals surface area contributed by atoms with Gasteiger partial charge in [-0.3, -0.25) is 0 Å². The van der Waals surface area contributed by atoms with Gasteiger partial charge in [0.25, 0.3) is 0 Å². The quantitative estimate of drug-likeness (QED) is 0.555. The fraction of sp³-hybridized carbons (Fsp3) is 0. The fourth-order valence-corrected chi connectivity index (χ4v) is 2.59. The van der Waals surface area contributed by atoms with Gasteiger partial charge in [0.05, 0.1) is 5.69 Å². The Hall–Kier alpha value is -2.73. The molecule has 6 heteroatoms. The van der Waals surface area contributed by atoms with Crippen molar-refractivity contribution >= 4 is 22.2 Å². The number of rotatable bonds is 3. The minimum absolute atomic E-state index is 0.160. The summed E-state index contributed by atoms with van der Waals surface area (Å²) in [4.78, 5) is 4.41. The Morgan fingerprint density at radius 1 is 0.952 bits per heavy atom. The van der Waals surface area contributed by atoms with Crippen molar-refractivity contribution in [3.63, 3.8) is 0 Å². The SMILES string of the molecule is Oc1cccc(Nc2nc(-c3ccc(O)c(O)c3)cs2)c1. The number of phenolic OH excluding ortho intramolecular Hbond substituents is 3. The van der Waals surface area contributed by atoms with E-state index >= 15 is 0 Å². The Bertz CT molecular complexity index is 786. The lowest BCUT2D eigenvalue weighted by atomic mass is 10.1. The molecule has 4 N–H and O–H groups in total. The zero-order valence-corrected chi connectivity index (χ0v) is 11.6. The Balaban J connectivity index is 1.84. The van der Waals surface area contributed by atoms with E-state index in [0.717, 1.165) is 5.69 Å². The van der Waals surface area contributed by atoms with Crippen LogP contribution in [0.4, 0.5) is 10.8 Å². The molecule has 0 atom stereocenters. The number of anilines is 2. The van der Waals surface area contributed by atoms with Gasteiger partial charge < -0.3 is 20.6 Å². The van der Waals surface area contributed by atoms with Gasteiger partial charge in [0.1, 0.15) is 5.75 Å². The third-order valence-corrected chi connectivity index (χ3v) is 3.63. The second-order valence-corrected chi connectivity index (χ2v) is 5.27. The predicted molar refractivity (Wildman–Crippen MR) is 82.3 cm³/mol. The molecule has 0 radical (unpaired) electrons. The molecule has 0 aliphatic carbocycles. The molecule has 0 saturated heterocycles. The van der Waals surface area contributed by atoms with Gasteiger partial charge in [0.2, 0.25) is 0 Å². The van der Waals surface area contributed by atoms with Crippen molar-refractivity contribution in [1.29, 1.82) is 0 Å². The van der Waals surface area contributed by atoms with Crippen LogP contribution in [0.1, 0.15) is 0 Å². The van der Waals surface area contributed by atoms with Gasteiger partial charge in [0, 0.05) is 22.7 Å². The topological polar surface area (TPSA) is 85.6 Å². The molecule has 0 aliphatic heterocycles. The number of phenols is 3. The summed E-state index contributed by atoms with van der Waals surface area (Å²) in [7, 11) is 0. The first-order chi connectivity index (χ1) is 10.1. The van der Waals surface area contributed by atoms with Crippen molar-refractivity contribution in [3.8, 4) is 28.5 Å². The summed E-state index contributed by atoms with van der Waals surface area (Å²) in [6.07, 6.45) is 0. The molecular formula is C15H12N2O3S. The maximum absolute atomic E-state index is 9.52. The summed E-state index contributed by atoms with van der Waals surface area (Å²) in [5.41, 5.74) is 2.15. The summed E-state index contributed by atoms with van der Waals surface area (Å²) in [6.45, 7) is 0. The van der Waals surface area contributed by atoms with E-state index in [1.807, 2.05) is 11.4 Å². The monoisotopic (exact) mass is 300 g/mol. The highest BCUT2D eigenvalue weighted by molar-refractivity contribution is 7.14. The van der Waals surface area contributed by atoms with Gasteiger partial charge in [-0.15, -0.1) is 11.3 Å². The van der Waals surface area contributed by atoms with E-state index in [0.29, 0.717) is 16.4 Å². The third kappa shape index (κ3) is 2.90. The lowest BCUT2D eigenvalue weighted by Crippen LogP contribution is -1.89. The van der Waals surface area contributed by atoms with E-state index in [9.17, 15) is 15.3 Å². The Morgan fingerprint density at radius 2 is 1.81 bits per heavy atom. The first-order valence-corrected chi connectivity index (χ1v) is 7.04. The molecule has 1 heterocycles. The summed E-state index contributed by atoms with van der Waals surface area (Å²) >= 11 is 1.41. The predicted octanol–water partition coefficient (Wildman–Crippen LogP) is 3.67. The van der Waals surface area contributed by atoms with E-state index < -0.39 is 0 Å². The first-order valence-electron chi connectivity index (χ1n) is 6.16. The second-order valence-electron chi connectivity index (χ2n) is 4.42. The number of hydrogen-bond acceptors (Lipinski definition) is 6. The molecule has 0 bridgehead atoms. The normalized spacial score (nSPS) is 10.5. The number of nitrogens with one attached hydrogen (secondary N) is 1. The van der Waals surface area contributed by atoms with Crippen LogP contribution in [0.2, 0.25) is 0 Å². The van der Waals surface area contributed by atoms with Crippen LogP contribution in [0.3, 0.4) is 0 Å². The van der Waals surface area contributed by atoms with Gasteiger partial charge in [0.15, 0.2) is 16.6 Å². The summed E-state index contributed by atoms with van der Waals surface area (Å²) < 4.78 is 0. The van der Waals surface area contributed by atoms with Gasteiger partial charge >= 0.3 is 0 Å². The smallest absolute Gasteiger partial charge is 0.187 e. The van der Waals surface area contributed by atoms with Crippen molar-refractivity contribution in [2.75, 3.05) is 5.32 Å². The second kappa shape index (κ2) is 5.34. The number of benzene rings is 2.